The molecule has 0 amide bonds. The largest absolute Gasteiger partial charge is 0.760 e. The molecule has 4 unspecified atom stereocenters. The first kappa shape index (κ1) is 20.1. The van der Waals surface area contributed by atoms with Gasteiger partial charge in [-0.3, -0.25) is 8.78 Å². The van der Waals surface area contributed by atoms with Crippen LogP contribution < -0.4 is 10.0 Å². The van der Waals surface area contributed by atoms with Gasteiger partial charge in [-0.25, -0.2) is 19.7 Å². The number of rotatable bonds is 8. The molecule has 1 aliphatic heterocycles. The van der Waals surface area contributed by atoms with Crippen molar-refractivity contribution in [1.29, 1.82) is 0 Å². The molecule has 0 aromatic carbocycles. The maximum absolute atomic E-state index is 10.7. The summed E-state index contributed by atoms with van der Waals surface area (Å²) in [6.45, 7) is 0.191. The van der Waals surface area contributed by atoms with Crippen LogP contribution in [0.15, 0.2) is 36.5 Å². The number of imidazole rings is 1. The Morgan fingerprint density at radius 1 is 1.38 bits per heavy atom. The minimum Gasteiger partial charge on any atom is -0.760 e. The summed E-state index contributed by atoms with van der Waals surface area (Å²) in [6.07, 6.45) is 12.1. The van der Waals surface area contributed by atoms with Crippen molar-refractivity contribution in [3.05, 3.63) is 36.5 Å². The van der Waals surface area contributed by atoms with Crippen LogP contribution in [0.2, 0.25) is 0 Å². The molecule has 0 radical (unpaired) electrons. The molecule has 2 aromatic heterocycles. The SMILES string of the molecule is O=S([O-])NCC1CCC(n2cnc3c(NC(CO)C4=CC=CCC4)ncnc32)O1. The van der Waals surface area contributed by atoms with Crippen LogP contribution in [-0.4, -0.2) is 58.7 Å². The molecule has 29 heavy (non-hydrogen) atoms. The second-order valence-corrected chi connectivity index (χ2v) is 7.77. The van der Waals surface area contributed by atoms with E-state index in [1.807, 2.05) is 16.7 Å². The topological polar surface area (TPSA) is 137 Å². The van der Waals surface area contributed by atoms with Crippen molar-refractivity contribution in [1.82, 2.24) is 24.2 Å². The second kappa shape index (κ2) is 9.09. The fraction of sp³-hybridized carbons (Fsp3) is 0.500. The van der Waals surface area contributed by atoms with E-state index in [1.54, 1.807) is 6.33 Å². The minimum atomic E-state index is -2.30. The Bertz CT molecular complexity index is 946. The van der Waals surface area contributed by atoms with Gasteiger partial charge < -0.3 is 19.7 Å². The van der Waals surface area contributed by atoms with E-state index in [2.05, 4.69) is 31.1 Å². The van der Waals surface area contributed by atoms with Crippen LogP contribution in [0.4, 0.5) is 5.82 Å². The fourth-order valence-electron chi connectivity index (χ4n) is 3.70. The van der Waals surface area contributed by atoms with Crippen molar-refractivity contribution in [3.8, 4) is 0 Å². The molecular weight excluding hydrogens is 396 g/mol. The lowest BCUT2D eigenvalue weighted by atomic mass is 9.98. The number of fused-ring (bicyclic) bond motifs is 1. The van der Waals surface area contributed by atoms with Gasteiger partial charge >= 0.3 is 0 Å². The number of aromatic nitrogens is 4. The number of nitrogens with one attached hydrogen (secondary N) is 2. The van der Waals surface area contributed by atoms with Crippen LogP contribution in [0.3, 0.4) is 0 Å². The predicted octanol–water partition coefficient (Wildman–Crippen LogP) is 0.937. The summed E-state index contributed by atoms with van der Waals surface area (Å²) in [5, 5.41) is 13.1. The second-order valence-electron chi connectivity index (χ2n) is 7.01. The molecular formula is C18H23N6O4S-. The van der Waals surface area contributed by atoms with Crippen LogP contribution in [0, 0.1) is 0 Å². The molecule has 0 spiro atoms. The van der Waals surface area contributed by atoms with Gasteiger partial charge in [-0.05, 0) is 31.3 Å². The van der Waals surface area contributed by atoms with Gasteiger partial charge in [-0.2, -0.15) is 0 Å². The Morgan fingerprint density at radius 2 is 2.28 bits per heavy atom. The van der Waals surface area contributed by atoms with Gasteiger partial charge in [-0.15, -0.1) is 0 Å². The molecule has 1 saturated heterocycles. The number of nitrogens with zero attached hydrogens (tertiary/aromatic N) is 4. The molecule has 4 atom stereocenters. The third-order valence-electron chi connectivity index (χ3n) is 5.17. The van der Waals surface area contributed by atoms with Crippen LogP contribution in [0.25, 0.3) is 11.2 Å². The van der Waals surface area contributed by atoms with E-state index < -0.39 is 11.3 Å². The summed E-state index contributed by atoms with van der Waals surface area (Å²) in [4.78, 5) is 13.1. The quantitative estimate of drug-likeness (QED) is 0.538. The average molecular weight is 419 g/mol. The molecule has 0 saturated carbocycles. The lowest BCUT2D eigenvalue weighted by molar-refractivity contribution is 0.00706. The highest BCUT2D eigenvalue weighted by Crippen LogP contribution is 2.31. The lowest BCUT2D eigenvalue weighted by Gasteiger charge is -2.21. The van der Waals surface area contributed by atoms with E-state index >= 15 is 0 Å². The lowest BCUT2D eigenvalue weighted by Crippen LogP contribution is -2.28. The van der Waals surface area contributed by atoms with E-state index in [9.17, 15) is 13.9 Å². The first-order chi connectivity index (χ1) is 14.2. The van der Waals surface area contributed by atoms with Crippen molar-refractivity contribution in [2.45, 2.75) is 44.1 Å². The van der Waals surface area contributed by atoms with Crippen molar-refractivity contribution >= 4 is 28.2 Å². The first-order valence-corrected chi connectivity index (χ1v) is 10.6. The molecule has 0 bridgehead atoms. The summed E-state index contributed by atoms with van der Waals surface area (Å²) in [7, 11) is 0. The third-order valence-corrected chi connectivity index (χ3v) is 5.57. The Kier molecular flexibility index (Phi) is 6.31. The monoisotopic (exact) mass is 419 g/mol. The highest BCUT2D eigenvalue weighted by Gasteiger charge is 2.28. The number of aliphatic hydroxyl groups is 1. The van der Waals surface area contributed by atoms with E-state index in [4.69, 9.17) is 4.74 Å². The van der Waals surface area contributed by atoms with E-state index in [-0.39, 0.29) is 31.5 Å². The molecule has 11 heteroatoms. The zero-order chi connectivity index (χ0) is 20.2. The highest BCUT2D eigenvalue weighted by molar-refractivity contribution is 7.77. The van der Waals surface area contributed by atoms with Gasteiger partial charge in [0.05, 0.1) is 25.1 Å². The van der Waals surface area contributed by atoms with Crippen LogP contribution in [0.1, 0.15) is 31.9 Å². The maximum Gasteiger partial charge on any atom is 0.167 e. The van der Waals surface area contributed by atoms with Crippen molar-refractivity contribution < 1.29 is 18.6 Å². The Balaban J connectivity index is 1.52. The summed E-state index contributed by atoms with van der Waals surface area (Å²) in [5.41, 5.74) is 2.35. The molecule has 4 rings (SSSR count). The van der Waals surface area contributed by atoms with Gasteiger partial charge in [0.25, 0.3) is 0 Å². The summed E-state index contributed by atoms with van der Waals surface area (Å²) < 4.78 is 31.5. The van der Waals surface area contributed by atoms with Crippen LogP contribution in [-0.2, 0) is 16.0 Å². The zero-order valence-corrected chi connectivity index (χ0v) is 16.5. The molecule has 2 aliphatic rings. The van der Waals surface area contributed by atoms with E-state index in [1.165, 1.54) is 6.33 Å². The Labute approximate surface area is 170 Å². The van der Waals surface area contributed by atoms with Gasteiger partial charge in [-0.1, -0.05) is 18.2 Å². The summed E-state index contributed by atoms with van der Waals surface area (Å²) in [5.74, 6) is 0.557. The predicted molar refractivity (Wildman–Crippen MR) is 106 cm³/mol. The van der Waals surface area contributed by atoms with Gasteiger partial charge in [0.1, 0.15) is 12.6 Å². The van der Waals surface area contributed by atoms with Gasteiger partial charge in [0.15, 0.2) is 17.0 Å². The number of hydrogen-bond donors (Lipinski definition) is 3. The van der Waals surface area contributed by atoms with Gasteiger partial charge in [0.2, 0.25) is 0 Å². The Morgan fingerprint density at radius 3 is 3.03 bits per heavy atom. The highest BCUT2D eigenvalue weighted by atomic mass is 32.2. The van der Waals surface area contributed by atoms with Gasteiger partial charge in [0, 0.05) is 17.8 Å². The average Bonchev–Trinajstić information content (AvgIpc) is 3.38. The normalized spacial score (nSPS) is 23.9. The number of anilines is 1. The molecule has 3 heterocycles. The van der Waals surface area contributed by atoms with Crippen molar-refractivity contribution in [3.63, 3.8) is 0 Å². The minimum absolute atomic E-state index is 0.0482. The number of hydrogen-bond acceptors (Lipinski definition) is 8. The molecule has 3 N–H and O–H groups in total. The fourth-order valence-corrected chi connectivity index (χ4v) is 4.03. The Hall–Kier alpha value is -2.18. The van der Waals surface area contributed by atoms with Crippen molar-refractivity contribution in [2.24, 2.45) is 0 Å². The maximum atomic E-state index is 10.7. The third kappa shape index (κ3) is 4.54. The molecule has 156 valence electrons. The number of ether oxygens (including phenoxy) is 1. The first-order valence-electron chi connectivity index (χ1n) is 9.54. The molecule has 10 nitrogen and oxygen atoms in total. The molecule has 1 fully saturated rings. The summed E-state index contributed by atoms with van der Waals surface area (Å²) in [6, 6.07) is -0.241. The van der Waals surface area contributed by atoms with E-state index in [0.29, 0.717) is 17.0 Å². The number of aliphatic hydroxyl groups excluding tert-OH is 1. The smallest absolute Gasteiger partial charge is 0.167 e. The van der Waals surface area contributed by atoms with E-state index in [0.717, 1.165) is 31.3 Å². The van der Waals surface area contributed by atoms with Crippen LogP contribution >= 0.6 is 0 Å². The summed E-state index contributed by atoms with van der Waals surface area (Å²) >= 11 is -2.30. The molecule has 2 aromatic rings. The zero-order valence-electron chi connectivity index (χ0n) is 15.7. The van der Waals surface area contributed by atoms with Crippen LogP contribution in [0.5, 0.6) is 0 Å². The standard InChI is InChI=1S/C18H24N6O4S/c25-9-14(12-4-2-1-3-5-12)23-17-16-18(20-10-19-17)24(11-21-16)15-7-6-13(28-15)8-22-29(26)27/h1-2,4,10-11,13-15,22,25H,3,5-9H2,(H,26,27)(H,19,20,23)/p-1. The molecule has 1 aliphatic carbocycles. The van der Waals surface area contributed by atoms with Crippen molar-refractivity contribution in [2.75, 3.05) is 18.5 Å². The number of allylic oxidation sites excluding steroid dienone is 3.